The molecule has 4 heteroatoms. The van der Waals surface area contributed by atoms with Gasteiger partial charge in [0.25, 0.3) is 0 Å². The predicted molar refractivity (Wildman–Crippen MR) is 89.3 cm³/mol. The van der Waals surface area contributed by atoms with Crippen LogP contribution in [-0.4, -0.2) is 25.2 Å². The molecule has 0 saturated heterocycles. The average Bonchev–Trinajstić information content (AvgIpc) is 2.77. The molecule has 0 atom stereocenters. The van der Waals surface area contributed by atoms with Crippen molar-refractivity contribution >= 4 is 6.03 Å². The van der Waals surface area contributed by atoms with E-state index in [1.54, 1.807) is 0 Å². The molecule has 22 heavy (non-hydrogen) atoms. The van der Waals surface area contributed by atoms with Gasteiger partial charge in [0.05, 0.1) is 6.61 Å². The highest BCUT2D eigenvalue weighted by Crippen LogP contribution is 2.17. The first-order chi connectivity index (χ1) is 10.7. The van der Waals surface area contributed by atoms with E-state index in [9.17, 15) is 4.79 Å². The molecule has 2 rings (SSSR count). The highest BCUT2D eigenvalue weighted by atomic mass is 16.5. The van der Waals surface area contributed by atoms with Gasteiger partial charge in [0, 0.05) is 12.6 Å². The van der Waals surface area contributed by atoms with E-state index in [-0.39, 0.29) is 6.03 Å². The number of rotatable bonds is 6. The van der Waals surface area contributed by atoms with Gasteiger partial charge in [-0.1, -0.05) is 43.4 Å². The highest BCUT2D eigenvalue weighted by molar-refractivity contribution is 5.74. The summed E-state index contributed by atoms with van der Waals surface area (Å²) in [6.07, 6.45) is 8.11. The molecule has 1 fully saturated rings. The summed E-state index contributed by atoms with van der Waals surface area (Å²) in [4.78, 5) is 11.8. The third-order valence-electron chi connectivity index (χ3n) is 4.09. The van der Waals surface area contributed by atoms with E-state index in [1.807, 2.05) is 24.3 Å². The Kier molecular flexibility index (Phi) is 7.07. The minimum Gasteiger partial charge on any atom is -0.494 e. The summed E-state index contributed by atoms with van der Waals surface area (Å²) in [5, 5.41) is 6.00. The fourth-order valence-electron chi connectivity index (χ4n) is 2.76. The van der Waals surface area contributed by atoms with E-state index in [4.69, 9.17) is 4.74 Å². The van der Waals surface area contributed by atoms with Crippen molar-refractivity contribution in [3.8, 4) is 5.75 Å². The molecular formula is C18H28N2O2. The minimum absolute atomic E-state index is 0.0396. The molecule has 0 aromatic heterocycles. The van der Waals surface area contributed by atoms with Gasteiger partial charge in [-0.15, -0.1) is 0 Å². The van der Waals surface area contributed by atoms with Crippen molar-refractivity contribution in [3.05, 3.63) is 29.8 Å². The van der Waals surface area contributed by atoms with E-state index >= 15 is 0 Å². The standard InChI is InChI=1S/C18H28N2O2/c1-15-9-11-17(12-10-15)22-14-6-13-19-18(21)20-16-7-4-2-3-5-8-16/h9-12,16H,2-8,13-14H2,1H3,(H2,19,20,21). The summed E-state index contributed by atoms with van der Waals surface area (Å²) in [5.74, 6) is 0.883. The van der Waals surface area contributed by atoms with Gasteiger partial charge in [-0.25, -0.2) is 4.79 Å². The Balaban J connectivity index is 1.54. The number of urea groups is 1. The zero-order chi connectivity index (χ0) is 15.6. The summed E-state index contributed by atoms with van der Waals surface area (Å²) >= 11 is 0. The third kappa shape index (κ3) is 6.37. The molecule has 1 aromatic carbocycles. The van der Waals surface area contributed by atoms with E-state index in [0.29, 0.717) is 19.2 Å². The SMILES string of the molecule is Cc1ccc(OCCCNC(=O)NC2CCCCCC2)cc1. The van der Waals surface area contributed by atoms with Gasteiger partial charge in [0.1, 0.15) is 5.75 Å². The molecule has 2 N–H and O–H groups in total. The number of nitrogens with one attached hydrogen (secondary N) is 2. The van der Waals surface area contributed by atoms with Crippen LogP contribution >= 0.6 is 0 Å². The van der Waals surface area contributed by atoms with E-state index in [1.165, 1.54) is 31.2 Å². The van der Waals surface area contributed by atoms with Crippen LogP contribution in [0.5, 0.6) is 5.75 Å². The van der Waals surface area contributed by atoms with Gasteiger partial charge >= 0.3 is 6.03 Å². The van der Waals surface area contributed by atoms with Crippen molar-refractivity contribution in [3.63, 3.8) is 0 Å². The Morgan fingerprint density at radius 2 is 1.82 bits per heavy atom. The number of ether oxygens (including phenoxy) is 1. The summed E-state index contributed by atoms with van der Waals surface area (Å²) in [5.41, 5.74) is 1.23. The molecule has 0 spiro atoms. The Morgan fingerprint density at radius 1 is 1.14 bits per heavy atom. The van der Waals surface area contributed by atoms with Crippen LogP contribution in [0.25, 0.3) is 0 Å². The lowest BCUT2D eigenvalue weighted by Crippen LogP contribution is -2.42. The molecule has 1 aliphatic carbocycles. The Morgan fingerprint density at radius 3 is 2.50 bits per heavy atom. The predicted octanol–water partition coefficient (Wildman–Crippen LogP) is 3.79. The van der Waals surface area contributed by atoms with Gasteiger partial charge in [0.15, 0.2) is 0 Å². The monoisotopic (exact) mass is 304 g/mol. The Bertz CT molecular complexity index is 437. The largest absolute Gasteiger partial charge is 0.494 e. The summed E-state index contributed by atoms with van der Waals surface area (Å²) in [6, 6.07) is 8.33. The first-order valence-electron chi connectivity index (χ1n) is 8.48. The summed E-state index contributed by atoms with van der Waals surface area (Å²) in [6.45, 7) is 3.32. The first kappa shape index (κ1) is 16.7. The number of benzene rings is 1. The molecule has 1 aromatic rings. The van der Waals surface area contributed by atoms with E-state index in [0.717, 1.165) is 25.0 Å². The van der Waals surface area contributed by atoms with Crippen molar-refractivity contribution in [2.75, 3.05) is 13.2 Å². The zero-order valence-electron chi connectivity index (χ0n) is 13.6. The molecule has 0 unspecified atom stereocenters. The van der Waals surface area contributed by atoms with E-state index in [2.05, 4.69) is 17.6 Å². The fraction of sp³-hybridized carbons (Fsp3) is 0.611. The smallest absolute Gasteiger partial charge is 0.315 e. The van der Waals surface area contributed by atoms with Crippen molar-refractivity contribution in [1.29, 1.82) is 0 Å². The second-order valence-corrected chi connectivity index (χ2v) is 6.10. The van der Waals surface area contributed by atoms with Crippen LogP contribution in [0.15, 0.2) is 24.3 Å². The second-order valence-electron chi connectivity index (χ2n) is 6.10. The molecule has 122 valence electrons. The number of hydrogen-bond acceptors (Lipinski definition) is 2. The molecule has 4 nitrogen and oxygen atoms in total. The molecule has 0 bridgehead atoms. The van der Waals surface area contributed by atoms with Crippen LogP contribution in [0.2, 0.25) is 0 Å². The summed E-state index contributed by atoms with van der Waals surface area (Å²) in [7, 11) is 0. The van der Waals surface area contributed by atoms with Crippen molar-refractivity contribution < 1.29 is 9.53 Å². The van der Waals surface area contributed by atoms with Crippen molar-refractivity contribution in [2.24, 2.45) is 0 Å². The molecule has 1 aliphatic rings. The second kappa shape index (κ2) is 9.34. The molecule has 1 saturated carbocycles. The lowest BCUT2D eigenvalue weighted by molar-refractivity contribution is 0.234. The maximum atomic E-state index is 11.8. The average molecular weight is 304 g/mol. The van der Waals surface area contributed by atoms with Gasteiger partial charge in [-0.2, -0.15) is 0 Å². The number of aryl methyl sites for hydroxylation is 1. The fourth-order valence-corrected chi connectivity index (χ4v) is 2.76. The molecule has 0 aliphatic heterocycles. The first-order valence-corrected chi connectivity index (χ1v) is 8.48. The van der Waals surface area contributed by atoms with Gasteiger partial charge in [0.2, 0.25) is 0 Å². The number of amides is 2. The zero-order valence-corrected chi connectivity index (χ0v) is 13.6. The lowest BCUT2D eigenvalue weighted by atomic mass is 10.1. The van der Waals surface area contributed by atoms with Gasteiger partial charge in [-0.3, -0.25) is 0 Å². The van der Waals surface area contributed by atoms with Crippen LogP contribution in [0.4, 0.5) is 4.79 Å². The molecule has 2 amide bonds. The van der Waals surface area contributed by atoms with Gasteiger partial charge < -0.3 is 15.4 Å². The van der Waals surface area contributed by atoms with Crippen molar-refractivity contribution in [1.82, 2.24) is 10.6 Å². The third-order valence-corrected chi connectivity index (χ3v) is 4.09. The van der Waals surface area contributed by atoms with Crippen LogP contribution < -0.4 is 15.4 Å². The van der Waals surface area contributed by atoms with E-state index < -0.39 is 0 Å². The normalized spacial score (nSPS) is 15.9. The maximum absolute atomic E-state index is 11.8. The quantitative estimate of drug-likeness (QED) is 0.620. The van der Waals surface area contributed by atoms with Gasteiger partial charge in [-0.05, 0) is 38.3 Å². The Hall–Kier alpha value is -1.71. The van der Waals surface area contributed by atoms with Crippen LogP contribution in [0.3, 0.4) is 0 Å². The Labute approximate surface area is 133 Å². The van der Waals surface area contributed by atoms with Crippen LogP contribution in [0.1, 0.15) is 50.5 Å². The minimum atomic E-state index is -0.0396. The van der Waals surface area contributed by atoms with Crippen molar-refractivity contribution in [2.45, 2.75) is 57.9 Å². The van der Waals surface area contributed by atoms with Crippen LogP contribution in [0, 0.1) is 6.92 Å². The molecular weight excluding hydrogens is 276 g/mol. The number of carbonyl (C=O) groups is 1. The highest BCUT2D eigenvalue weighted by Gasteiger charge is 2.13. The maximum Gasteiger partial charge on any atom is 0.315 e. The summed E-state index contributed by atoms with van der Waals surface area (Å²) < 4.78 is 5.64. The van der Waals surface area contributed by atoms with Crippen LogP contribution in [-0.2, 0) is 0 Å². The molecule has 0 radical (unpaired) electrons. The number of hydrogen-bond donors (Lipinski definition) is 2. The lowest BCUT2D eigenvalue weighted by Gasteiger charge is -2.16. The molecule has 0 heterocycles. The topological polar surface area (TPSA) is 50.4 Å². The number of carbonyl (C=O) groups excluding carboxylic acids is 1.